The molecule has 0 bridgehead atoms. The van der Waals surface area contributed by atoms with Gasteiger partial charge in [-0.05, 0) is 25.3 Å². The molecule has 1 unspecified atom stereocenters. The summed E-state index contributed by atoms with van der Waals surface area (Å²) in [5.41, 5.74) is 3.20. The van der Waals surface area contributed by atoms with Gasteiger partial charge >= 0.3 is 0 Å². The van der Waals surface area contributed by atoms with Gasteiger partial charge in [0, 0.05) is 18.3 Å². The van der Waals surface area contributed by atoms with Gasteiger partial charge in [-0.3, -0.25) is 4.79 Å². The lowest BCUT2D eigenvalue weighted by Crippen LogP contribution is -2.31. The Kier molecular flexibility index (Phi) is 4.31. The molecule has 6 nitrogen and oxygen atoms in total. The highest BCUT2D eigenvalue weighted by atomic mass is 32.1. The van der Waals surface area contributed by atoms with Crippen LogP contribution in [0, 0.1) is 6.92 Å². The highest BCUT2D eigenvalue weighted by Gasteiger charge is 2.34. The standard InChI is InChI=1S/C18H18N4O2S/c1-12-17(21-24-20-12)15-8-5-9-22(15)18(23)14-11-25-16(19-14)10-13-6-3-2-4-7-13/h2-4,6-7,11,15H,5,8-10H2,1H3. The van der Waals surface area contributed by atoms with E-state index in [1.54, 1.807) is 0 Å². The molecule has 2 aromatic heterocycles. The van der Waals surface area contributed by atoms with Crippen LogP contribution in [0.1, 0.15) is 51.3 Å². The molecule has 0 N–H and O–H groups in total. The second-order valence-corrected chi connectivity index (χ2v) is 7.12. The maximum Gasteiger partial charge on any atom is 0.273 e. The molecule has 7 heteroatoms. The lowest BCUT2D eigenvalue weighted by atomic mass is 10.1. The van der Waals surface area contributed by atoms with E-state index in [2.05, 4.69) is 27.4 Å². The van der Waals surface area contributed by atoms with Crippen molar-refractivity contribution in [3.63, 3.8) is 0 Å². The van der Waals surface area contributed by atoms with Crippen LogP contribution in [0.5, 0.6) is 0 Å². The molecule has 1 aromatic carbocycles. The summed E-state index contributed by atoms with van der Waals surface area (Å²) in [7, 11) is 0. The number of rotatable bonds is 4. The lowest BCUT2D eigenvalue weighted by molar-refractivity contribution is 0.0725. The van der Waals surface area contributed by atoms with E-state index in [1.807, 2.05) is 35.4 Å². The number of hydrogen-bond acceptors (Lipinski definition) is 6. The normalized spacial score (nSPS) is 17.2. The van der Waals surface area contributed by atoms with Crippen LogP contribution < -0.4 is 0 Å². The number of nitrogens with zero attached hydrogens (tertiary/aromatic N) is 4. The topological polar surface area (TPSA) is 72.1 Å². The molecular formula is C18H18N4O2S. The quantitative estimate of drug-likeness (QED) is 0.718. The Morgan fingerprint density at radius 3 is 2.92 bits per heavy atom. The summed E-state index contributed by atoms with van der Waals surface area (Å²) in [5.74, 6) is -0.0412. The lowest BCUT2D eigenvalue weighted by Gasteiger charge is -2.22. The van der Waals surface area contributed by atoms with Crippen LogP contribution in [0.2, 0.25) is 0 Å². The number of hydrogen-bond donors (Lipinski definition) is 0. The molecule has 0 saturated carbocycles. The highest BCUT2D eigenvalue weighted by Crippen LogP contribution is 2.33. The van der Waals surface area contributed by atoms with Gasteiger partial charge in [0.2, 0.25) is 0 Å². The molecule has 1 saturated heterocycles. The number of benzene rings is 1. The van der Waals surface area contributed by atoms with Crippen molar-refractivity contribution in [2.75, 3.05) is 6.54 Å². The second kappa shape index (κ2) is 6.76. The first-order valence-electron chi connectivity index (χ1n) is 8.30. The summed E-state index contributed by atoms with van der Waals surface area (Å²) in [6.45, 7) is 2.56. The third kappa shape index (κ3) is 3.19. The Morgan fingerprint density at radius 1 is 1.32 bits per heavy atom. The Labute approximate surface area is 149 Å². The highest BCUT2D eigenvalue weighted by molar-refractivity contribution is 7.09. The fraction of sp³-hybridized carbons (Fsp3) is 0.333. The third-order valence-corrected chi connectivity index (χ3v) is 5.33. The van der Waals surface area contributed by atoms with Gasteiger partial charge in [-0.25, -0.2) is 9.61 Å². The zero-order chi connectivity index (χ0) is 17.2. The van der Waals surface area contributed by atoms with Crippen molar-refractivity contribution in [1.29, 1.82) is 0 Å². The largest absolute Gasteiger partial charge is 0.328 e. The van der Waals surface area contributed by atoms with Crippen LogP contribution in [0.15, 0.2) is 40.3 Å². The number of likely N-dealkylation sites (tertiary alicyclic amines) is 1. The van der Waals surface area contributed by atoms with Crippen molar-refractivity contribution in [3.05, 3.63) is 63.4 Å². The van der Waals surface area contributed by atoms with Gasteiger partial charge in [0.25, 0.3) is 5.91 Å². The predicted octanol–water partition coefficient (Wildman–Crippen LogP) is 3.40. The number of aryl methyl sites for hydroxylation is 1. The molecule has 0 radical (unpaired) electrons. The summed E-state index contributed by atoms with van der Waals surface area (Å²) >= 11 is 1.53. The molecule has 1 aliphatic rings. The molecule has 3 heterocycles. The predicted molar refractivity (Wildman–Crippen MR) is 93.4 cm³/mol. The Balaban J connectivity index is 1.52. The molecule has 1 amide bonds. The number of carbonyl (C=O) groups is 1. The van der Waals surface area contributed by atoms with Gasteiger partial charge in [0.1, 0.15) is 17.1 Å². The van der Waals surface area contributed by atoms with Crippen molar-refractivity contribution in [3.8, 4) is 0 Å². The smallest absolute Gasteiger partial charge is 0.273 e. The van der Waals surface area contributed by atoms with Gasteiger partial charge in [0.05, 0.1) is 11.0 Å². The molecule has 0 spiro atoms. The maximum absolute atomic E-state index is 12.9. The van der Waals surface area contributed by atoms with Crippen molar-refractivity contribution in [1.82, 2.24) is 20.2 Å². The number of thiazole rings is 1. The van der Waals surface area contributed by atoms with Crippen LogP contribution in [0.4, 0.5) is 0 Å². The van der Waals surface area contributed by atoms with Crippen molar-refractivity contribution < 1.29 is 9.42 Å². The van der Waals surface area contributed by atoms with E-state index in [-0.39, 0.29) is 11.9 Å². The molecular weight excluding hydrogens is 336 g/mol. The molecule has 128 valence electrons. The molecule has 0 aliphatic carbocycles. The summed E-state index contributed by atoms with van der Waals surface area (Å²) in [5, 5.41) is 10.6. The van der Waals surface area contributed by atoms with Crippen LogP contribution >= 0.6 is 11.3 Å². The first-order valence-corrected chi connectivity index (χ1v) is 9.18. The zero-order valence-electron chi connectivity index (χ0n) is 13.9. The fourth-order valence-electron chi connectivity index (χ4n) is 3.24. The van der Waals surface area contributed by atoms with E-state index >= 15 is 0 Å². The molecule has 4 rings (SSSR count). The van der Waals surface area contributed by atoms with Gasteiger partial charge in [-0.1, -0.05) is 40.6 Å². The van der Waals surface area contributed by atoms with Crippen molar-refractivity contribution in [2.45, 2.75) is 32.2 Å². The molecule has 3 aromatic rings. The fourth-order valence-corrected chi connectivity index (χ4v) is 4.04. The maximum atomic E-state index is 12.9. The van der Waals surface area contributed by atoms with E-state index in [0.717, 1.165) is 35.7 Å². The first kappa shape index (κ1) is 16.0. The van der Waals surface area contributed by atoms with E-state index < -0.39 is 0 Å². The number of carbonyl (C=O) groups excluding carboxylic acids is 1. The van der Waals surface area contributed by atoms with Gasteiger partial charge in [-0.2, -0.15) is 0 Å². The van der Waals surface area contributed by atoms with Crippen LogP contribution in [0.3, 0.4) is 0 Å². The summed E-state index contributed by atoms with van der Waals surface area (Å²) in [4.78, 5) is 19.3. The van der Waals surface area contributed by atoms with Crippen molar-refractivity contribution >= 4 is 17.2 Å². The third-order valence-electron chi connectivity index (χ3n) is 4.49. The van der Waals surface area contributed by atoms with E-state index in [9.17, 15) is 4.79 Å². The average Bonchev–Trinajstić information content (AvgIpc) is 3.35. The summed E-state index contributed by atoms with van der Waals surface area (Å²) < 4.78 is 4.81. The van der Waals surface area contributed by atoms with Crippen molar-refractivity contribution in [2.24, 2.45) is 0 Å². The van der Waals surface area contributed by atoms with Crippen LogP contribution in [-0.2, 0) is 6.42 Å². The number of aromatic nitrogens is 3. The summed E-state index contributed by atoms with van der Waals surface area (Å²) in [6.07, 6.45) is 2.57. The molecule has 1 atom stereocenters. The summed E-state index contributed by atoms with van der Waals surface area (Å²) in [6, 6.07) is 10.1. The second-order valence-electron chi connectivity index (χ2n) is 6.18. The van der Waals surface area contributed by atoms with Gasteiger partial charge < -0.3 is 4.90 Å². The monoisotopic (exact) mass is 354 g/mol. The Hall–Kier alpha value is -2.54. The molecule has 1 fully saturated rings. The number of amides is 1. The minimum atomic E-state index is -0.0713. The minimum Gasteiger partial charge on any atom is -0.328 e. The van der Waals surface area contributed by atoms with E-state index in [1.165, 1.54) is 16.9 Å². The SMILES string of the molecule is Cc1nonc1C1CCCN1C(=O)c1csc(Cc2ccccc2)n1. The first-order chi connectivity index (χ1) is 12.2. The van der Waals surface area contributed by atoms with Crippen LogP contribution in [-0.4, -0.2) is 32.6 Å². The van der Waals surface area contributed by atoms with Gasteiger partial charge in [0.15, 0.2) is 0 Å². The van der Waals surface area contributed by atoms with Crippen LogP contribution in [0.25, 0.3) is 0 Å². The Morgan fingerprint density at radius 2 is 2.16 bits per heavy atom. The van der Waals surface area contributed by atoms with E-state index in [0.29, 0.717) is 12.2 Å². The average molecular weight is 354 g/mol. The minimum absolute atomic E-state index is 0.0412. The van der Waals surface area contributed by atoms with Gasteiger partial charge in [-0.15, -0.1) is 11.3 Å². The molecule has 1 aliphatic heterocycles. The molecule has 25 heavy (non-hydrogen) atoms. The Bertz CT molecular complexity index is 874. The zero-order valence-corrected chi connectivity index (χ0v) is 14.7. The van der Waals surface area contributed by atoms with E-state index in [4.69, 9.17) is 4.63 Å².